The highest BCUT2D eigenvalue weighted by atomic mass is 16.1. The van der Waals surface area contributed by atoms with Crippen LogP contribution in [0.25, 0.3) is 0 Å². The first kappa shape index (κ1) is 10.5. The van der Waals surface area contributed by atoms with E-state index in [0.29, 0.717) is 18.6 Å². The average Bonchev–Trinajstić information content (AvgIpc) is 2.48. The molecule has 0 aromatic heterocycles. The number of nitrogens with zero attached hydrogens (tertiary/aromatic N) is 1. The SMILES string of the molecule is CCC1CCC(C)N1CC(=O)NC. The highest BCUT2D eigenvalue weighted by molar-refractivity contribution is 5.77. The van der Waals surface area contributed by atoms with E-state index in [1.54, 1.807) is 7.05 Å². The van der Waals surface area contributed by atoms with Gasteiger partial charge in [-0.05, 0) is 26.2 Å². The topological polar surface area (TPSA) is 32.3 Å². The van der Waals surface area contributed by atoms with Crippen LogP contribution in [0.4, 0.5) is 0 Å². The van der Waals surface area contributed by atoms with Crippen molar-refractivity contribution in [2.45, 2.75) is 45.2 Å². The Labute approximate surface area is 80.5 Å². The third-order valence-corrected chi connectivity index (χ3v) is 3.03. The number of rotatable bonds is 3. The Morgan fingerprint density at radius 2 is 2.23 bits per heavy atom. The summed E-state index contributed by atoms with van der Waals surface area (Å²) in [6, 6.07) is 1.19. The number of carbonyl (C=O) groups excluding carboxylic acids is 1. The predicted molar refractivity (Wildman–Crippen MR) is 53.5 cm³/mol. The molecule has 2 atom stereocenters. The lowest BCUT2D eigenvalue weighted by molar-refractivity contribution is -0.122. The summed E-state index contributed by atoms with van der Waals surface area (Å²) in [5, 5.41) is 2.68. The van der Waals surface area contributed by atoms with E-state index in [2.05, 4.69) is 24.1 Å². The number of likely N-dealkylation sites (tertiary alicyclic amines) is 1. The van der Waals surface area contributed by atoms with Crippen molar-refractivity contribution >= 4 is 5.91 Å². The number of amides is 1. The highest BCUT2D eigenvalue weighted by Gasteiger charge is 2.30. The molecule has 1 amide bonds. The molecule has 1 fully saturated rings. The first-order valence-corrected chi connectivity index (χ1v) is 5.15. The van der Waals surface area contributed by atoms with Crippen LogP contribution in [-0.4, -0.2) is 36.5 Å². The average molecular weight is 184 g/mol. The van der Waals surface area contributed by atoms with Gasteiger partial charge >= 0.3 is 0 Å². The van der Waals surface area contributed by atoms with Gasteiger partial charge in [-0.25, -0.2) is 0 Å². The first-order chi connectivity index (χ1) is 6.19. The minimum atomic E-state index is 0.132. The van der Waals surface area contributed by atoms with Crippen LogP contribution < -0.4 is 5.32 Å². The molecule has 1 N–H and O–H groups in total. The number of hydrogen-bond acceptors (Lipinski definition) is 2. The van der Waals surface area contributed by atoms with Crippen molar-refractivity contribution in [3.8, 4) is 0 Å². The molecule has 13 heavy (non-hydrogen) atoms. The van der Waals surface area contributed by atoms with E-state index in [9.17, 15) is 4.79 Å². The van der Waals surface area contributed by atoms with Gasteiger partial charge in [0, 0.05) is 19.1 Å². The lowest BCUT2D eigenvalue weighted by Gasteiger charge is -2.26. The maximum Gasteiger partial charge on any atom is 0.233 e. The zero-order valence-electron chi connectivity index (χ0n) is 8.84. The summed E-state index contributed by atoms with van der Waals surface area (Å²) >= 11 is 0. The van der Waals surface area contributed by atoms with Crippen molar-refractivity contribution in [3.05, 3.63) is 0 Å². The van der Waals surface area contributed by atoms with Crippen molar-refractivity contribution < 1.29 is 4.79 Å². The lowest BCUT2D eigenvalue weighted by Crippen LogP contribution is -2.41. The smallest absolute Gasteiger partial charge is 0.233 e. The van der Waals surface area contributed by atoms with E-state index in [-0.39, 0.29) is 5.91 Å². The molecule has 1 saturated heterocycles. The summed E-state index contributed by atoms with van der Waals surface area (Å²) in [6.45, 7) is 4.97. The monoisotopic (exact) mass is 184 g/mol. The second-order valence-corrected chi connectivity index (χ2v) is 3.83. The minimum Gasteiger partial charge on any atom is -0.358 e. The van der Waals surface area contributed by atoms with Gasteiger partial charge in [-0.1, -0.05) is 6.92 Å². The number of carbonyl (C=O) groups is 1. The Morgan fingerprint density at radius 3 is 2.77 bits per heavy atom. The number of likely N-dealkylation sites (N-methyl/N-ethyl adjacent to an activating group) is 1. The molecule has 1 aliphatic rings. The van der Waals surface area contributed by atoms with Gasteiger partial charge in [0.15, 0.2) is 0 Å². The zero-order valence-corrected chi connectivity index (χ0v) is 8.84. The van der Waals surface area contributed by atoms with Crippen LogP contribution in [0.5, 0.6) is 0 Å². The van der Waals surface area contributed by atoms with Crippen molar-refractivity contribution in [1.29, 1.82) is 0 Å². The van der Waals surface area contributed by atoms with Crippen molar-refractivity contribution in [1.82, 2.24) is 10.2 Å². The van der Waals surface area contributed by atoms with E-state index in [0.717, 1.165) is 6.42 Å². The summed E-state index contributed by atoms with van der Waals surface area (Å²) in [4.78, 5) is 13.5. The van der Waals surface area contributed by atoms with E-state index >= 15 is 0 Å². The molecule has 2 unspecified atom stereocenters. The van der Waals surface area contributed by atoms with Gasteiger partial charge in [0.25, 0.3) is 0 Å². The van der Waals surface area contributed by atoms with Gasteiger partial charge < -0.3 is 5.32 Å². The maximum atomic E-state index is 11.2. The second kappa shape index (κ2) is 4.61. The molecule has 1 aliphatic heterocycles. The molecule has 0 bridgehead atoms. The molecule has 3 nitrogen and oxygen atoms in total. The van der Waals surface area contributed by atoms with Crippen LogP contribution in [0.2, 0.25) is 0 Å². The Balaban J connectivity index is 2.49. The fraction of sp³-hybridized carbons (Fsp3) is 0.900. The van der Waals surface area contributed by atoms with Crippen molar-refractivity contribution in [2.75, 3.05) is 13.6 Å². The molecule has 3 heteroatoms. The number of nitrogens with one attached hydrogen (secondary N) is 1. The van der Waals surface area contributed by atoms with Crippen LogP contribution in [0.15, 0.2) is 0 Å². The maximum absolute atomic E-state index is 11.2. The summed E-state index contributed by atoms with van der Waals surface area (Å²) < 4.78 is 0. The number of hydrogen-bond donors (Lipinski definition) is 1. The second-order valence-electron chi connectivity index (χ2n) is 3.83. The molecule has 0 aromatic carbocycles. The first-order valence-electron chi connectivity index (χ1n) is 5.15. The molecule has 1 rings (SSSR count). The Bertz CT molecular complexity index is 182. The zero-order chi connectivity index (χ0) is 9.84. The summed E-state index contributed by atoms with van der Waals surface area (Å²) in [5.41, 5.74) is 0. The Kier molecular flexibility index (Phi) is 3.72. The fourth-order valence-corrected chi connectivity index (χ4v) is 2.09. The summed E-state index contributed by atoms with van der Waals surface area (Å²) in [5.74, 6) is 0.132. The van der Waals surface area contributed by atoms with Crippen LogP contribution in [-0.2, 0) is 4.79 Å². The van der Waals surface area contributed by atoms with Gasteiger partial charge in [-0.3, -0.25) is 9.69 Å². The van der Waals surface area contributed by atoms with E-state index < -0.39 is 0 Å². The van der Waals surface area contributed by atoms with E-state index in [1.165, 1.54) is 12.8 Å². The van der Waals surface area contributed by atoms with Crippen LogP contribution in [0.3, 0.4) is 0 Å². The summed E-state index contributed by atoms with van der Waals surface area (Å²) in [6.07, 6.45) is 3.63. The van der Waals surface area contributed by atoms with Crippen LogP contribution in [0, 0.1) is 0 Å². The van der Waals surface area contributed by atoms with Gasteiger partial charge in [-0.15, -0.1) is 0 Å². The molecule has 0 saturated carbocycles. The van der Waals surface area contributed by atoms with Crippen LogP contribution in [0.1, 0.15) is 33.1 Å². The van der Waals surface area contributed by atoms with Gasteiger partial charge in [0.1, 0.15) is 0 Å². The van der Waals surface area contributed by atoms with Crippen LogP contribution >= 0.6 is 0 Å². The molecule has 0 spiro atoms. The van der Waals surface area contributed by atoms with Gasteiger partial charge in [0.2, 0.25) is 5.91 Å². The molecule has 1 heterocycles. The Morgan fingerprint density at radius 1 is 1.54 bits per heavy atom. The largest absolute Gasteiger partial charge is 0.358 e. The van der Waals surface area contributed by atoms with Gasteiger partial charge in [-0.2, -0.15) is 0 Å². The molecule has 0 radical (unpaired) electrons. The quantitative estimate of drug-likeness (QED) is 0.709. The standard InChI is InChI=1S/C10H20N2O/c1-4-9-6-5-8(2)12(9)7-10(13)11-3/h8-9H,4-7H2,1-3H3,(H,11,13). The van der Waals surface area contributed by atoms with E-state index in [1.807, 2.05) is 0 Å². The predicted octanol–water partition coefficient (Wildman–Crippen LogP) is 0.995. The third kappa shape index (κ3) is 2.44. The van der Waals surface area contributed by atoms with Gasteiger partial charge in [0.05, 0.1) is 6.54 Å². The third-order valence-electron chi connectivity index (χ3n) is 3.03. The highest BCUT2D eigenvalue weighted by Crippen LogP contribution is 2.25. The lowest BCUT2D eigenvalue weighted by atomic mass is 10.1. The minimum absolute atomic E-state index is 0.132. The van der Waals surface area contributed by atoms with Crippen molar-refractivity contribution in [2.24, 2.45) is 0 Å². The molecular weight excluding hydrogens is 164 g/mol. The fourth-order valence-electron chi connectivity index (χ4n) is 2.09. The molecule has 76 valence electrons. The van der Waals surface area contributed by atoms with Crippen molar-refractivity contribution in [3.63, 3.8) is 0 Å². The normalized spacial score (nSPS) is 29.2. The molecular formula is C10H20N2O. The van der Waals surface area contributed by atoms with E-state index in [4.69, 9.17) is 0 Å². The Hall–Kier alpha value is -0.570. The summed E-state index contributed by atoms with van der Waals surface area (Å²) in [7, 11) is 1.70. The molecule has 0 aliphatic carbocycles. The molecule has 0 aromatic rings.